The average Bonchev–Trinajstić information content (AvgIpc) is 2.08. The van der Waals surface area contributed by atoms with E-state index in [4.69, 9.17) is 10.5 Å². The maximum atomic E-state index is 11.5. The molecule has 0 bridgehead atoms. The first-order valence-electron chi connectivity index (χ1n) is 5.23. The Morgan fingerprint density at radius 2 is 2.36 bits per heavy atom. The molecule has 0 aromatic carbocycles. The summed E-state index contributed by atoms with van der Waals surface area (Å²) in [6, 6.07) is -0.293. The Morgan fingerprint density at radius 1 is 1.64 bits per heavy atom. The fraction of sp³-hybridized carbons (Fsp3) is 0.900. The number of hydrogen-bond acceptors (Lipinski definition) is 3. The summed E-state index contributed by atoms with van der Waals surface area (Å²) in [5.41, 5.74) is 5.65. The predicted molar refractivity (Wildman–Crippen MR) is 54.8 cm³/mol. The van der Waals surface area contributed by atoms with Crippen LogP contribution in [0.3, 0.4) is 0 Å². The van der Waals surface area contributed by atoms with Crippen molar-refractivity contribution < 1.29 is 9.53 Å². The summed E-state index contributed by atoms with van der Waals surface area (Å²) in [6.45, 7) is 5.45. The van der Waals surface area contributed by atoms with Crippen LogP contribution in [0.25, 0.3) is 0 Å². The van der Waals surface area contributed by atoms with E-state index in [-0.39, 0.29) is 11.9 Å². The van der Waals surface area contributed by atoms with Gasteiger partial charge in [-0.1, -0.05) is 13.8 Å². The van der Waals surface area contributed by atoms with Gasteiger partial charge in [0.2, 0.25) is 5.91 Å². The summed E-state index contributed by atoms with van der Waals surface area (Å²) >= 11 is 0. The zero-order chi connectivity index (χ0) is 10.6. The number of amides is 1. The van der Waals surface area contributed by atoms with E-state index in [1.165, 1.54) is 0 Å². The van der Waals surface area contributed by atoms with Crippen molar-refractivity contribution in [2.45, 2.75) is 38.8 Å². The molecule has 3 N–H and O–H groups in total. The lowest BCUT2D eigenvalue weighted by molar-refractivity contribution is -0.125. The molecule has 1 rings (SSSR count). The minimum absolute atomic E-state index is 0.0426. The SMILES string of the molecule is CC(C)C[C@H]1COCC[C@H](N)C(=O)N1. The van der Waals surface area contributed by atoms with Gasteiger partial charge in [-0.15, -0.1) is 0 Å². The Hall–Kier alpha value is -0.610. The molecule has 1 fully saturated rings. The molecule has 2 atom stereocenters. The van der Waals surface area contributed by atoms with Crippen molar-refractivity contribution in [2.75, 3.05) is 13.2 Å². The molecule has 0 aromatic heterocycles. The molecular formula is C10H20N2O2. The van der Waals surface area contributed by atoms with Crippen LogP contribution in [0.2, 0.25) is 0 Å². The van der Waals surface area contributed by atoms with Gasteiger partial charge in [-0.3, -0.25) is 4.79 Å². The van der Waals surface area contributed by atoms with Crippen LogP contribution in [-0.4, -0.2) is 31.2 Å². The van der Waals surface area contributed by atoms with Gasteiger partial charge in [-0.05, 0) is 18.8 Å². The van der Waals surface area contributed by atoms with Crippen molar-refractivity contribution >= 4 is 5.91 Å². The zero-order valence-corrected chi connectivity index (χ0v) is 8.95. The van der Waals surface area contributed by atoms with Crippen LogP contribution in [0.5, 0.6) is 0 Å². The maximum Gasteiger partial charge on any atom is 0.237 e. The second-order valence-corrected chi connectivity index (χ2v) is 4.31. The summed E-state index contributed by atoms with van der Waals surface area (Å²) in [6.07, 6.45) is 1.55. The normalized spacial score (nSPS) is 29.6. The quantitative estimate of drug-likeness (QED) is 0.672. The molecule has 1 aliphatic rings. The molecule has 82 valence electrons. The van der Waals surface area contributed by atoms with Crippen molar-refractivity contribution in [1.82, 2.24) is 5.32 Å². The molecule has 0 radical (unpaired) electrons. The van der Waals surface area contributed by atoms with E-state index in [1.54, 1.807) is 0 Å². The van der Waals surface area contributed by atoms with Crippen LogP contribution >= 0.6 is 0 Å². The smallest absolute Gasteiger partial charge is 0.237 e. The Labute approximate surface area is 85.2 Å². The molecule has 0 spiro atoms. The number of ether oxygens (including phenoxy) is 1. The van der Waals surface area contributed by atoms with Gasteiger partial charge in [-0.25, -0.2) is 0 Å². The van der Waals surface area contributed by atoms with Gasteiger partial charge >= 0.3 is 0 Å². The largest absolute Gasteiger partial charge is 0.379 e. The number of nitrogens with two attached hydrogens (primary N) is 1. The first kappa shape index (κ1) is 11.5. The van der Waals surface area contributed by atoms with Gasteiger partial charge in [0.05, 0.1) is 18.7 Å². The van der Waals surface area contributed by atoms with E-state index in [1.807, 2.05) is 0 Å². The summed E-state index contributed by atoms with van der Waals surface area (Å²) < 4.78 is 5.41. The molecule has 1 aliphatic heterocycles. The molecule has 0 aliphatic carbocycles. The molecule has 4 nitrogen and oxygen atoms in total. The van der Waals surface area contributed by atoms with Gasteiger partial charge < -0.3 is 15.8 Å². The van der Waals surface area contributed by atoms with E-state index in [2.05, 4.69) is 19.2 Å². The van der Waals surface area contributed by atoms with Crippen LogP contribution in [0.4, 0.5) is 0 Å². The van der Waals surface area contributed by atoms with Crippen LogP contribution in [0.15, 0.2) is 0 Å². The number of rotatable bonds is 2. The highest BCUT2D eigenvalue weighted by molar-refractivity contribution is 5.81. The van der Waals surface area contributed by atoms with Gasteiger partial charge in [0.25, 0.3) is 0 Å². The maximum absolute atomic E-state index is 11.5. The molecule has 0 aromatic rings. The van der Waals surface area contributed by atoms with E-state index in [9.17, 15) is 4.79 Å². The second-order valence-electron chi connectivity index (χ2n) is 4.31. The highest BCUT2D eigenvalue weighted by atomic mass is 16.5. The molecule has 4 heteroatoms. The third-order valence-corrected chi connectivity index (χ3v) is 2.33. The van der Waals surface area contributed by atoms with Crippen LogP contribution in [-0.2, 0) is 9.53 Å². The molecule has 1 amide bonds. The van der Waals surface area contributed by atoms with Crippen LogP contribution in [0, 0.1) is 5.92 Å². The first-order valence-corrected chi connectivity index (χ1v) is 5.23. The zero-order valence-electron chi connectivity index (χ0n) is 8.95. The monoisotopic (exact) mass is 200 g/mol. The van der Waals surface area contributed by atoms with E-state index >= 15 is 0 Å². The van der Waals surface area contributed by atoms with Gasteiger partial charge in [0, 0.05) is 6.61 Å². The lowest BCUT2D eigenvalue weighted by atomic mass is 10.0. The predicted octanol–water partition coefficient (Wildman–Crippen LogP) is 0.265. The number of carbonyl (C=O) groups excluding carboxylic acids is 1. The van der Waals surface area contributed by atoms with Gasteiger partial charge in [0.15, 0.2) is 0 Å². The Balaban J connectivity index is 2.46. The number of nitrogens with one attached hydrogen (secondary N) is 1. The molecule has 0 saturated carbocycles. The lowest BCUT2D eigenvalue weighted by Gasteiger charge is -2.25. The van der Waals surface area contributed by atoms with E-state index < -0.39 is 6.04 Å². The summed E-state index contributed by atoms with van der Waals surface area (Å²) in [7, 11) is 0. The Kier molecular flexibility index (Phi) is 4.35. The first-order chi connectivity index (χ1) is 6.59. The fourth-order valence-electron chi connectivity index (χ4n) is 1.61. The Bertz CT molecular complexity index is 195. The third kappa shape index (κ3) is 3.64. The van der Waals surface area contributed by atoms with Crippen molar-refractivity contribution in [3.05, 3.63) is 0 Å². The minimum atomic E-state index is -0.412. The highest BCUT2D eigenvalue weighted by Crippen LogP contribution is 2.07. The van der Waals surface area contributed by atoms with Crippen LogP contribution < -0.4 is 11.1 Å². The average molecular weight is 200 g/mol. The van der Waals surface area contributed by atoms with Crippen molar-refractivity contribution in [3.63, 3.8) is 0 Å². The van der Waals surface area contributed by atoms with Crippen molar-refractivity contribution in [2.24, 2.45) is 11.7 Å². The number of carbonyl (C=O) groups is 1. The highest BCUT2D eigenvalue weighted by Gasteiger charge is 2.21. The Morgan fingerprint density at radius 3 is 3.00 bits per heavy atom. The molecule has 14 heavy (non-hydrogen) atoms. The molecule has 1 heterocycles. The molecule has 0 unspecified atom stereocenters. The van der Waals surface area contributed by atoms with Gasteiger partial charge in [0.1, 0.15) is 0 Å². The molecule has 1 saturated heterocycles. The minimum Gasteiger partial charge on any atom is -0.379 e. The topological polar surface area (TPSA) is 64.3 Å². The van der Waals surface area contributed by atoms with E-state index in [0.29, 0.717) is 25.6 Å². The summed E-state index contributed by atoms with van der Waals surface area (Å²) in [5, 5.41) is 2.91. The summed E-state index contributed by atoms with van der Waals surface area (Å²) in [4.78, 5) is 11.5. The molecular weight excluding hydrogens is 180 g/mol. The van der Waals surface area contributed by atoms with Crippen molar-refractivity contribution in [1.29, 1.82) is 0 Å². The van der Waals surface area contributed by atoms with E-state index in [0.717, 1.165) is 6.42 Å². The fourth-order valence-corrected chi connectivity index (χ4v) is 1.61. The second kappa shape index (κ2) is 5.32. The van der Waals surface area contributed by atoms with Gasteiger partial charge in [-0.2, -0.15) is 0 Å². The summed E-state index contributed by atoms with van der Waals surface area (Å²) in [5.74, 6) is 0.513. The van der Waals surface area contributed by atoms with Crippen LogP contribution in [0.1, 0.15) is 26.7 Å². The standard InChI is InChI=1S/C10H20N2O2/c1-7(2)5-8-6-14-4-3-9(11)10(13)12-8/h7-9H,3-6,11H2,1-2H3,(H,12,13)/t8-,9-/m0/s1. The van der Waals surface area contributed by atoms with Crippen molar-refractivity contribution in [3.8, 4) is 0 Å². The third-order valence-electron chi connectivity index (χ3n) is 2.33. The number of hydrogen-bond donors (Lipinski definition) is 2. The lowest BCUT2D eigenvalue weighted by Crippen LogP contribution is -2.49.